The van der Waals surface area contributed by atoms with Crippen molar-refractivity contribution in [2.75, 3.05) is 26.4 Å². The molecule has 0 heterocycles. The van der Waals surface area contributed by atoms with Gasteiger partial charge in [-0.15, -0.1) is 0 Å². The predicted molar refractivity (Wildman–Crippen MR) is 59.6 cm³/mol. The van der Waals surface area contributed by atoms with Gasteiger partial charge in [0.25, 0.3) is 0 Å². The molecular weight excluding hydrogens is 307 g/mol. The molecule has 0 aromatic carbocycles. The van der Waals surface area contributed by atoms with E-state index >= 15 is 0 Å². The van der Waals surface area contributed by atoms with Gasteiger partial charge in [-0.2, -0.15) is 0 Å². The van der Waals surface area contributed by atoms with Crippen LogP contribution >= 0.6 is 30.4 Å². The molecule has 0 radical (unpaired) electrons. The maximum Gasteiger partial charge on any atom is 0.302 e. The van der Waals surface area contributed by atoms with Crippen molar-refractivity contribution in [3.8, 4) is 0 Å². The topological polar surface area (TPSA) is 44.8 Å². The molecule has 0 aliphatic heterocycles. The second-order valence-electron chi connectivity index (χ2n) is 2.19. The van der Waals surface area contributed by atoms with Gasteiger partial charge in [-0.3, -0.25) is 4.79 Å². The van der Waals surface area contributed by atoms with E-state index in [1.54, 1.807) is 0 Å². The highest BCUT2D eigenvalue weighted by atomic mass is 127. The molecule has 0 saturated carbocycles. The molecule has 0 atom stereocenters. The maximum atomic E-state index is 10.3. The van der Waals surface area contributed by atoms with Gasteiger partial charge in [0.15, 0.2) is 0 Å². The lowest BCUT2D eigenvalue weighted by molar-refractivity contribution is -0.141. The van der Waals surface area contributed by atoms with E-state index in [2.05, 4.69) is 21.2 Å². The van der Waals surface area contributed by atoms with Crippen molar-refractivity contribution >= 4 is 36.4 Å². The first-order chi connectivity index (χ1) is 6.27. The lowest BCUT2D eigenvalue weighted by Gasteiger charge is -2.03. The lowest BCUT2D eigenvalue weighted by Crippen LogP contribution is -2.06. The quantitative estimate of drug-likeness (QED) is 0.296. The van der Waals surface area contributed by atoms with Crippen LogP contribution in [0.5, 0.6) is 0 Å². The monoisotopic (exact) mass is 320 g/mol. The highest BCUT2D eigenvalue weighted by Crippen LogP contribution is 2.10. The molecule has 0 saturated heterocycles. The summed E-state index contributed by atoms with van der Waals surface area (Å²) in [4.78, 5) is 10.3. The van der Waals surface area contributed by atoms with Gasteiger partial charge in [-0.25, -0.2) is 0 Å². The average molecular weight is 320 g/mol. The van der Waals surface area contributed by atoms with Gasteiger partial charge in [0.1, 0.15) is 0 Å². The Hall–Kier alpha value is 0.470. The number of rotatable bonds is 8. The van der Waals surface area contributed by atoms with Crippen LogP contribution in [-0.2, 0) is 18.5 Å². The highest BCUT2D eigenvalue weighted by molar-refractivity contribution is 14.2. The van der Waals surface area contributed by atoms with E-state index in [1.165, 1.54) is 16.1 Å². The van der Waals surface area contributed by atoms with Gasteiger partial charge < -0.3 is 13.7 Å². The van der Waals surface area contributed by atoms with Crippen molar-refractivity contribution in [3.05, 3.63) is 0 Å². The summed E-state index contributed by atoms with van der Waals surface area (Å²) in [5.41, 5.74) is 0. The van der Waals surface area contributed by atoms with Crippen LogP contribution in [-0.4, -0.2) is 32.4 Å². The van der Waals surface area contributed by atoms with Crippen molar-refractivity contribution in [2.24, 2.45) is 0 Å². The highest BCUT2D eigenvalue weighted by Gasteiger charge is 1.93. The Labute approximate surface area is 94.5 Å². The number of carbonyl (C=O) groups excluding carboxylic acids is 1. The summed E-state index contributed by atoms with van der Waals surface area (Å²) in [6.45, 7) is 3.59. The summed E-state index contributed by atoms with van der Waals surface area (Å²) < 4.78 is 14.9. The summed E-state index contributed by atoms with van der Waals surface area (Å²) in [5, 5.41) is 0. The first-order valence-corrected chi connectivity index (χ1v) is 7.17. The fraction of sp³-hybridized carbons (Fsp3) is 0.857. The second kappa shape index (κ2) is 10.6. The van der Waals surface area contributed by atoms with Crippen LogP contribution < -0.4 is 0 Å². The van der Waals surface area contributed by atoms with Gasteiger partial charge in [-0.05, 0) is 0 Å². The number of halogens is 1. The largest absolute Gasteiger partial charge is 0.466 e. The summed E-state index contributed by atoms with van der Waals surface area (Å²) >= 11 is 2.05. The minimum Gasteiger partial charge on any atom is -0.466 e. The number of esters is 1. The third-order valence-electron chi connectivity index (χ3n) is 1.09. The molecule has 0 aromatic rings. The molecule has 0 N–H and O–H groups in total. The standard InChI is InChI=1S/C7H13IO4S/c1-7(9)11-4-2-3-10-5-6-12-13-8/h2-6H2,1H3. The van der Waals surface area contributed by atoms with E-state index in [4.69, 9.17) is 13.7 Å². The molecule has 4 nitrogen and oxygen atoms in total. The summed E-state index contributed by atoms with van der Waals surface area (Å²) in [6.07, 6.45) is 0.733. The van der Waals surface area contributed by atoms with E-state index < -0.39 is 0 Å². The van der Waals surface area contributed by atoms with Gasteiger partial charge >= 0.3 is 5.97 Å². The Morgan fingerprint density at radius 2 is 2.08 bits per heavy atom. The van der Waals surface area contributed by atoms with E-state index in [0.29, 0.717) is 26.4 Å². The third-order valence-corrected chi connectivity index (χ3v) is 2.11. The van der Waals surface area contributed by atoms with Crippen LogP contribution in [0.15, 0.2) is 0 Å². The Balaban J connectivity index is 2.87. The fourth-order valence-corrected chi connectivity index (χ4v) is 1.27. The first-order valence-electron chi connectivity index (χ1n) is 3.88. The normalized spacial score (nSPS) is 10.0. The number of hydrogen-bond donors (Lipinski definition) is 0. The zero-order valence-corrected chi connectivity index (χ0v) is 10.4. The number of ether oxygens (including phenoxy) is 2. The molecule has 0 rings (SSSR count). The van der Waals surface area contributed by atoms with Crippen LogP contribution in [0.2, 0.25) is 0 Å². The number of hydrogen-bond acceptors (Lipinski definition) is 5. The SMILES string of the molecule is CC(=O)OCCCOCCOSI. The zero-order valence-electron chi connectivity index (χ0n) is 7.45. The van der Waals surface area contributed by atoms with Crippen molar-refractivity contribution < 1.29 is 18.5 Å². The van der Waals surface area contributed by atoms with Gasteiger partial charge in [-0.1, -0.05) is 0 Å². The van der Waals surface area contributed by atoms with Crippen LogP contribution in [0.25, 0.3) is 0 Å². The molecule has 6 heteroatoms. The summed E-state index contributed by atoms with van der Waals surface area (Å²) in [7, 11) is 1.29. The second-order valence-corrected chi connectivity index (χ2v) is 3.63. The fourth-order valence-electron chi connectivity index (χ4n) is 0.603. The molecule has 0 bridgehead atoms. The molecule has 0 amide bonds. The van der Waals surface area contributed by atoms with E-state index in [1.807, 2.05) is 0 Å². The average Bonchev–Trinajstić information content (AvgIpc) is 2.09. The molecule has 0 aliphatic carbocycles. The lowest BCUT2D eigenvalue weighted by atomic mass is 10.5. The molecule has 0 spiro atoms. The van der Waals surface area contributed by atoms with Gasteiger partial charge in [0, 0.05) is 41.2 Å². The first kappa shape index (κ1) is 13.5. The third kappa shape index (κ3) is 12.5. The Morgan fingerprint density at radius 1 is 1.31 bits per heavy atom. The van der Waals surface area contributed by atoms with Crippen molar-refractivity contribution in [1.82, 2.24) is 0 Å². The number of carbonyl (C=O) groups is 1. The molecule has 78 valence electrons. The molecule has 0 aromatic heterocycles. The van der Waals surface area contributed by atoms with Crippen molar-refractivity contribution in [3.63, 3.8) is 0 Å². The van der Waals surface area contributed by atoms with E-state index in [-0.39, 0.29) is 5.97 Å². The van der Waals surface area contributed by atoms with Crippen molar-refractivity contribution in [1.29, 1.82) is 0 Å². The van der Waals surface area contributed by atoms with Crippen molar-refractivity contribution in [2.45, 2.75) is 13.3 Å². The van der Waals surface area contributed by atoms with Crippen LogP contribution in [0, 0.1) is 0 Å². The molecule has 0 fully saturated rings. The molecule has 0 aliphatic rings. The van der Waals surface area contributed by atoms with Crippen LogP contribution in [0.1, 0.15) is 13.3 Å². The van der Waals surface area contributed by atoms with E-state index in [9.17, 15) is 4.79 Å². The Bertz CT molecular complexity index is 134. The minimum absolute atomic E-state index is 0.246. The summed E-state index contributed by atoms with van der Waals surface area (Å²) in [5.74, 6) is -0.246. The maximum absolute atomic E-state index is 10.3. The predicted octanol–water partition coefficient (Wildman–Crippen LogP) is 1.97. The van der Waals surface area contributed by atoms with Gasteiger partial charge in [0.2, 0.25) is 0 Å². The summed E-state index contributed by atoms with van der Waals surface area (Å²) in [6, 6.07) is 0. The van der Waals surface area contributed by atoms with Crippen LogP contribution in [0.3, 0.4) is 0 Å². The molecular formula is C7H13IO4S. The Morgan fingerprint density at radius 3 is 2.69 bits per heavy atom. The Kier molecular flexibility index (Phi) is 10.9. The zero-order chi connectivity index (χ0) is 9.94. The smallest absolute Gasteiger partial charge is 0.302 e. The minimum atomic E-state index is -0.246. The molecule has 13 heavy (non-hydrogen) atoms. The molecule has 0 unspecified atom stereocenters. The van der Waals surface area contributed by atoms with Crippen LogP contribution in [0.4, 0.5) is 0 Å². The van der Waals surface area contributed by atoms with E-state index in [0.717, 1.165) is 6.42 Å². The van der Waals surface area contributed by atoms with Gasteiger partial charge in [0.05, 0.1) is 29.0 Å².